The van der Waals surface area contributed by atoms with Crippen LogP contribution in [0.2, 0.25) is 0 Å². The molecule has 0 bridgehead atoms. The second-order valence-corrected chi connectivity index (χ2v) is 4.71. The number of aliphatic hydroxyl groups excluding tert-OH is 1. The molecule has 1 unspecified atom stereocenters. The van der Waals surface area contributed by atoms with Crippen molar-refractivity contribution in [1.29, 1.82) is 0 Å². The zero-order chi connectivity index (χ0) is 14.6. The highest BCUT2D eigenvalue weighted by Gasteiger charge is 2.26. The van der Waals surface area contributed by atoms with E-state index in [4.69, 9.17) is 10.5 Å². The Morgan fingerprint density at radius 3 is 2.95 bits per heavy atom. The maximum Gasteiger partial charge on any atom is 0.261 e. The maximum atomic E-state index is 11.9. The first kappa shape index (κ1) is 11.9. The average Bonchev–Trinajstić information content (AvgIpc) is 2.46. The molecule has 1 aliphatic heterocycles. The standard InChI is InChI=1S/C14H10N4O3/c15-14-17-11-8(12(19)18-14)5-7-10(16-11)6-3-1-2-4-9(6)21-13(7)20/h1-5,13,20H,(H3,15,16,17,18,19). The van der Waals surface area contributed by atoms with Gasteiger partial charge in [0.1, 0.15) is 5.75 Å². The van der Waals surface area contributed by atoms with Crippen LogP contribution in [-0.2, 0) is 0 Å². The number of aromatic nitrogens is 3. The average molecular weight is 282 g/mol. The molecule has 4 rings (SSSR count). The van der Waals surface area contributed by atoms with Crippen molar-refractivity contribution in [2.45, 2.75) is 6.29 Å². The van der Waals surface area contributed by atoms with Gasteiger partial charge in [0.15, 0.2) is 5.65 Å². The summed E-state index contributed by atoms with van der Waals surface area (Å²) < 4.78 is 5.43. The summed E-state index contributed by atoms with van der Waals surface area (Å²) in [5.74, 6) is 0.531. The largest absolute Gasteiger partial charge is 0.460 e. The molecular weight excluding hydrogens is 272 g/mol. The number of hydrogen-bond acceptors (Lipinski definition) is 6. The molecular formula is C14H10N4O3. The quantitative estimate of drug-likeness (QED) is 0.565. The molecule has 1 aliphatic rings. The van der Waals surface area contributed by atoms with Crippen molar-refractivity contribution in [3.8, 4) is 17.0 Å². The highest BCUT2D eigenvalue weighted by atomic mass is 16.6. The summed E-state index contributed by atoms with van der Waals surface area (Å²) in [7, 11) is 0. The van der Waals surface area contributed by atoms with Gasteiger partial charge in [-0.3, -0.25) is 9.78 Å². The van der Waals surface area contributed by atoms with Crippen molar-refractivity contribution in [3.05, 3.63) is 46.2 Å². The monoisotopic (exact) mass is 282 g/mol. The third-order valence-corrected chi connectivity index (χ3v) is 3.39. The van der Waals surface area contributed by atoms with Crippen LogP contribution in [0.5, 0.6) is 5.75 Å². The first-order valence-corrected chi connectivity index (χ1v) is 6.28. The zero-order valence-electron chi connectivity index (χ0n) is 10.7. The van der Waals surface area contributed by atoms with Gasteiger partial charge in [0.25, 0.3) is 5.56 Å². The van der Waals surface area contributed by atoms with Crippen molar-refractivity contribution in [3.63, 3.8) is 0 Å². The third-order valence-electron chi connectivity index (χ3n) is 3.39. The van der Waals surface area contributed by atoms with E-state index in [0.29, 0.717) is 17.0 Å². The Hall–Kier alpha value is -2.93. The van der Waals surface area contributed by atoms with Crippen LogP contribution in [0.1, 0.15) is 11.9 Å². The molecule has 3 heterocycles. The van der Waals surface area contributed by atoms with E-state index in [0.717, 1.165) is 5.56 Å². The summed E-state index contributed by atoms with van der Waals surface area (Å²) in [5, 5.41) is 10.3. The number of nitrogens with one attached hydrogen (secondary N) is 1. The molecule has 104 valence electrons. The van der Waals surface area contributed by atoms with Gasteiger partial charge in [-0.05, 0) is 18.2 Å². The Labute approximate surface area is 118 Å². The minimum Gasteiger partial charge on any atom is -0.460 e. The number of nitrogens with zero attached hydrogens (tertiary/aromatic N) is 2. The molecule has 2 aromatic heterocycles. The van der Waals surface area contributed by atoms with E-state index in [1.54, 1.807) is 12.1 Å². The number of aromatic amines is 1. The molecule has 21 heavy (non-hydrogen) atoms. The van der Waals surface area contributed by atoms with E-state index in [1.807, 2.05) is 12.1 Å². The fourth-order valence-electron chi connectivity index (χ4n) is 2.45. The molecule has 0 saturated carbocycles. The van der Waals surface area contributed by atoms with E-state index in [2.05, 4.69) is 15.0 Å². The molecule has 3 aromatic rings. The van der Waals surface area contributed by atoms with Gasteiger partial charge in [0.2, 0.25) is 12.2 Å². The SMILES string of the molecule is Nc1nc2nc3c(cc2c(=O)[nH]1)C(O)Oc1ccccc1-3. The van der Waals surface area contributed by atoms with Crippen LogP contribution in [0.4, 0.5) is 5.95 Å². The summed E-state index contributed by atoms with van der Waals surface area (Å²) in [6, 6.07) is 8.75. The number of fused-ring (bicyclic) bond motifs is 4. The van der Waals surface area contributed by atoms with E-state index in [-0.39, 0.29) is 17.0 Å². The lowest BCUT2D eigenvalue weighted by atomic mass is 10.0. The van der Waals surface area contributed by atoms with E-state index < -0.39 is 11.8 Å². The minimum atomic E-state index is -1.18. The summed E-state index contributed by atoms with van der Waals surface area (Å²) in [4.78, 5) is 22.7. The van der Waals surface area contributed by atoms with Crippen molar-refractivity contribution < 1.29 is 9.84 Å². The number of H-pyrrole nitrogens is 1. The molecule has 0 spiro atoms. The van der Waals surface area contributed by atoms with Gasteiger partial charge in [0, 0.05) is 11.1 Å². The summed E-state index contributed by atoms with van der Waals surface area (Å²) in [5.41, 5.74) is 7.08. The fourth-order valence-corrected chi connectivity index (χ4v) is 2.45. The second kappa shape index (κ2) is 4.03. The highest BCUT2D eigenvalue weighted by molar-refractivity contribution is 5.83. The highest BCUT2D eigenvalue weighted by Crippen LogP contribution is 2.40. The number of anilines is 1. The van der Waals surface area contributed by atoms with Gasteiger partial charge >= 0.3 is 0 Å². The molecule has 0 aliphatic carbocycles. The summed E-state index contributed by atoms with van der Waals surface area (Å²) in [6.45, 7) is 0. The number of rotatable bonds is 0. The van der Waals surface area contributed by atoms with E-state index >= 15 is 0 Å². The number of nitrogens with two attached hydrogens (primary N) is 1. The first-order chi connectivity index (χ1) is 10.1. The minimum absolute atomic E-state index is 0.000781. The van der Waals surface area contributed by atoms with Crippen molar-refractivity contribution in [1.82, 2.24) is 15.0 Å². The number of hydrogen-bond donors (Lipinski definition) is 3. The van der Waals surface area contributed by atoms with Crippen LogP contribution in [0.25, 0.3) is 22.3 Å². The molecule has 1 atom stereocenters. The Morgan fingerprint density at radius 2 is 2.10 bits per heavy atom. The van der Waals surface area contributed by atoms with Crippen LogP contribution in [0.15, 0.2) is 35.1 Å². The topological polar surface area (TPSA) is 114 Å². The smallest absolute Gasteiger partial charge is 0.261 e. The number of ether oxygens (including phenoxy) is 1. The number of para-hydroxylation sites is 1. The van der Waals surface area contributed by atoms with Gasteiger partial charge in [-0.1, -0.05) is 12.1 Å². The molecule has 4 N–H and O–H groups in total. The lowest BCUT2D eigenvalue weighted by Crippen LogP contribution is -2.18. The predicted octanol–water partition coefficient (Wildman–Crippen LogP) is 0.951. The van der Waals surface area contributed by atoms with Gasteiger partial charge in [-0.2, -0.15) is 4.98 Å². The lowest BCUT2D eigenvalue weighted by Gasteiger charge is -2.24. The summed E-state index contributed by atoms with van der Waals surface area (Å²) >= 11 is 0. The molecule has 1 aromatic carbocycles. The molecule has 7 heteroatoms. The second-order valence-electron chi connectivity index (χ2n) is 4.71. The normalized spacial score (nSPS) is 16.1. The van der Waals surface area contributed by atoms with Crippen LogP contribution in [0.3, 0.4) is 0 Å². The fraction of sp³-hybridized carbons (Fsp3) is 0.0714. The molecule has 7 nitrogen and oxygen atoms in total. The van der Waals surface area contributed by atoms with Crippen molar-refractivity contribution in [2.24, 2.45) is 0 Å². The zero-order valence-corrected chi connectivity index (χ0v) is 10.7. The van der Waals surface area contributed by atoms with Gasteiger partial charge in [0.05, 0.1) is 11.1 Å². The molecule has 0 radical (unpaired) electrons. The Balaban J connectivity index is 2.11. The number of benzene rings is 1. The Kier molecular flexibility index (Phi) is 2.28. The molecule has 0 saturated heterocycles. The Bertz CT molecular complexity index is 935. The summed E-state index contributed by atoms with van der Waals surface area (Å²) in [6.07, 6.45) is -1.18. The van der Waals surface area contributed by atoms with Gasteiger partial charge in [-0.25, -0.2) is 4.98 Å². The Morgan fingerprint density at radius 1 is 1.29 bits per heavy atom. The van der Waals surface area contributed by atoms with Crippen molar-refractivity contribution >= 4 is 17.0 Å². The number of nitrogen functional groups attached to an aromatic ring is 1. The maximum absolute atomic E-state index is 11.9. The van der Waals surface area contributed by atoms with Gasteiger partial charge < -0.3 is 15.6 Å². The van der Waals surface area contributed by atoms with Crippen LogP contribution in [0, 0.1) is 0 Å². The lowest BCUT2D eigenvalue weighted by molar-refractivity contribution is -0.0215. The predicted molar refractivity (Wildman–Crippen MR) is 75.6 cm³/mol. The van der Waals surface area contributed by atoms with Crippen LogP contribution < -0.4 is 16.0 Å². The number of aliphatic hydroxyl groups is 1. The van der Waals surface area contributed by atoms with E-state index in [9.17, 15) is 9.90 Å². The van der Waals surface area contributed by atoms with Gasteiger partial charge in [-0.15, -0.1) is 0 Å². The number of pyridine rings is 1. The van der Waals surface area contributed by atoms with Crippen LogP contribution in [-0.4, -0.2) is 20.1 Å². The van der Waals surface area contributed by atoms with Crippen molar-refractivity contribution in [2.75, 3.05) is 5.73 Å². The molecule has 0 amide bonds. The van der Waals surface area contributed by atoms with E-state index in [1.165, 1.54) is 6.07 Å². The first-order valence-electron chi connectivity index (χ1n) is 6.28. The molecule has 0 fully saturated rings. The van der Waals surface area contributed by atoms with Crippen LogP contribution >= 0.6 is 0 Å². The third kappa shape index (κ3) is 1.68.